The van der Waals surface area contributed by atoms with Crippen LogP contribution < -0.4 is 5.43 Å². The molecule has 0 saturated carbocycles. The number of nitrogens with zero attached hydrogens (tertiary/aromatic N) is 2. The first kappa shape index (κ1) is 13.6. The lowest BCUT2D eigenvalue weighted by molar-refractivity contribution is -0.134. The first-order valence-electron chi connectivity index (χ1n) is 5.11. The van der Waals surface area contributed by atoms with Gasteiger partial charge in [0.05, 0.1) is 12.3 Å². The van der Waals surface area contributed by atoms with Crippen molar-refractivity contribution >= 4 is 23.6 Å². The molecule has 0 aliphatic heterocycles. The summed E-state index contributed by atoms with van der Waals surface area (Å²) >= 11 is 0. The zero-order valence-electron chi connectivity index (χ0n) is 9.63. The van der Waals surface area contributed by atoms with Crippen molar-refractivity contribution in [2.24, 2.45) is 10.3 Å². The molecule has 0 aliphatic carbocycles. The highest BCUT2D eigenvalue weighted by molar-refractivity contribution is 6.59. The Balaban J connectivity index is 2.84. The molecule has 0 saturated heterocycles. The van der Waals surface area contributed by atoms with Crippen molar-refractivity contribution in [3.63, 3.8) is 0 Å². The average Bonchev–Trinajstić information content (AvgIpc) is 2.36. The lowest BCUT2D eigenvalue weighted by Gasteiger charge is -2.03. The molecule has 2 N–H and O–H groups in total. The summed E-state index contributed by atoms with van der Waals surface area (Å²) in [4.78, 5) is 11.4. The van der Waals surface area contributed by atoms with Gasteiger partial charge in [-0.3, -0.25) is 5.43 Å². The van der Waals surface area contributed by atoms with E-state index in [1.807, 2.05) is 0 Å². The fourth-order valence-corrected chi connectivity index (χ4v) is 1.06. The van der Waals surface area contributed by atoms with Crippen molar-refractivity contribution in [3.8, 4) is 0 Å². The standard InChI is InChI=1S/C11H12FN3O3/c1-2-18-11(16)10(7-13-17)15-14-9-6-4-3-5-8(9)12/h3-7,14,17H,2H2,1H3/b13-7+,15-10+. The van der Waals surface area contributed by atoms with Gasteiger partial charge < -0.3 is 9.94 Å². The fraction of sp³-hybridized carbons (Fsp3) is 0.182. The van der Waals surface area contributed by atoms with Gasteiger partial charge in [0, 0.05) is 0 Å². The predicted octanol–water partition coefficient (Wildman–Crippen LogP) is 1.62. The highest BCUT2D eigenvalue weighted by Gasteiger charge is 2.11. The second kappa shape index (κ2) is 7.00. The van der Waals surface area contributed by atoms with E-state index in [9.17, 15) is 9.18 Å². The van der Waals surface area contributed by atoms with E-state index >= 15 is 0 Å². The van der Waals surface area contributed by atoms with Gasteiger partial charge in [0.25, 0.3) is 0 Å². The third-order valence-electron chi connectivity index (χ3n) is 1.84. The molecule has 0 amide bonds. The lowest BCUT2D eigenvalue weighted by atomic mass is 10.3. The molecular weight excluding hydrogens is 241 g/mol. The maximum Gasteiger partial charge on any atom is 0.360 e. The van der Waals surface area contributed by atoms with Gasteiger partial charge in [-0.2, -0.15) is 5.10 Å². The molecule has 0 radical (unpaired) electrons. The number of hydrazone groups is 1. The topological polar surface area (TPSA) is 83.3 Å². The second-order valence-corrected chi connectivity index (χ2v) is 3.05. The summed E-state index contributed by atoms with van der Waals surface area (Å²) in [6, 6.07) is 5.80. The Hall–Kier alpha value is -2.44. The van der Waals surface area contributed by atoms with Crippen LogP contribution in [0.25, 0.3) is 0 Å². The molecule has 1 aromatic rings. The minimum atomic E-state index is -0.779. The van der Waals surface area contributed by atoms with E-state index in [1.165, 1.54) is 18.2 Å². The van der Waals surface area contributed by atoms with Crippen molar-refractivity contribution < 1.29 is 19.1 Å². The van der Waals surface area contributed by atoms with Gasteiger partial charge in [0.2, 0.25) is 0 Å². The van der Waals surface area contributed by atoms with Crippen LogP contribution in [0.3, 0.4) is 0 Å². The molecule has 0 aliphatic rings. The molecule has 6 nitrogen and oxygen atoms in total. The number of anilines is 1. The average molecular weight is 253 g/mol. The van der Waals surface area contributed by atoms with Crippen LogP contribution in [-0.2, 0) is 9.53 Å². The van der Waals surface area contributed by atoms with E-state index in [0.717, 1.165) is 6.21 Å². The third kappa shape index (κ3) is 3.85. The second-order valence-electron chi connectivity index (χ2n) is 3.05. The van der Waals surface area contributed by atoms with Crippen molar-refractivity contribution in [1.82, 2.24) is 0 Å². The number of carbonyl (C=O) groups excluding carboxylic acids is 1. The molecule has 7 heteroatoms. The fourth-order valence-electron chi connectivity index (χ4n) is 1.06. The van der Waals surface area contributed by atoms with Crippen LogP contribution in [0.5, 0.6) is 0 Å². The summed E-state index contributed by atoms with van der Waals surface area (Å²) in [5.41, 5.74) is 2.16. The number of esters is 1. The largest absolute Gasteiger partial charge is 0.461 e. The number of rotatable bonds is 5. The van der Waals surface area contributed by atoms with Crippen LogP contribution in [0, 0.1) is 5.82 Å². The first-order valence-corrected chi connectivity index (χ1v) is 5.11. The summed E-state index contributed by atoms with van der Waals surface area (Å²) in [5.74, 6) is -1.30. The van der Waals surface area contributed by atoms with Crippen LogP contribution >= 0.6 is 0 Å². The Morgan fingerprint density at radius 3 is 2.89 bits per heavy atom. The Labute approximate surface area is 103 Å². The maximum absolute atomic E-state index is 13.2. The number of carbonyl (C=O) groups is 1. The lowest BCUT2D eigenvalue weighted by Crippen LogP contribution is -2.20. The van der Waals surface area contributed by atoms with E-state index in [1.54, 1.807) is 13.0 Å². The number of benzene rings is 1. The first-order chi connectivity index (χ1) is 8.69. The molecule has 0 heterocycles. The van der Waals surface area contributed by atoms with Crippen molar-refractivity contribution in [2.45, 2.75) is 6.92 Å². The monoisotopic (exact) mass is 253 g/mol. The summed E-state index contributed by atoms with van der Waals surface area (Å²) in [6.07, 6.45) is 0.797. The molecule has 1 rings (SSSR count). The minimum absolute atomic E-state index is 0.0886. The molecule has 0 spiro atoms. The summed E-state index contributed by atoms with van der Waals surface area (Å²) in [6.45, 7) is 1.77. The number of halogens is 1. The van der Waals surface area contributed by atoms with Crippen LogP contribution in [0.15, 0.2) is 34.5 Å². The van der Waals surface area contributed by atoms with Crippen molar-refractivity contribution in [3.05, 3.63) is 30.1 Å². The zero-order valence-corrected chi connectivity index (χ0v) is 9.63. The number of hydrogen-bond donors (Lipinski definition) is 2. The van der Waals surface area contributed by atoms with Gasteiger partial charge >= 0.3 is 5.97 Å². The highest BCUT2D eigenvalue weighted by Crippen LogP contribution is 2.11. The van der Waals surface area contributed by atoms with E-state index in [-0.39, 0.29) is 18.0 Å². The third-order valence-corrected chi connectivity index (χ3v) is 1.84. The SMILES string of the molecule is CCOC(=O)C(/C=N/O)=N/Nc1ccccc1F. The van der Waals surface area contributed by atoms with Gasteiger partial charge in [-0.25, -0.2) is 9.18 Å². The molecule has 0 fully saturated rings. The number of oxime groups is 1. The Morgan fingerprint density at radius 1 is 1.56 bits per heavy atom. The number of hydrogen-bond acceptors (Lipinski definition) is 6. The molecule has 1 aromatic carbocycles. The number of ether oxygens (including phenoxy) is 1. The number of para-hydroxylation sites is 1. The van der Waals surface area contributed by atoms with E-state index < -0.39 is 11.8 Å². The normalized spacial score (nSPS) is 11.6. The summed E-state index contributed by atoms with van der Waals surface area (Å²) < 4.78 is 17.9. The molecule has 0 atom stereocenters. The minimum Gasteiger partial charge on any atom is -0.461 e. The highest BCUT2D eigenvalue weighted by atomic mass is 19.1. The van der Waals surface area contributed by atoms with Gasteiger partial charge in [0.15, 0.2) is 5.71 Å². The molecule has 0 bridgehead atoms. The Morgan fingerprint density at radius 2 is 2.28 bits per heavy atom. The quantitative estimate of drug-likeness (QED) is 0.361. The number of nitrogens with one attached hydrogen (secondary N) is 1. The van der Waals surface area contributed by atoms with Crippen LogP contribution in [0.4, 0.5) is 10.1 Å². The summed E-state index contributed by atoms with van der Waals surface area (Å²) in [7, 11) is 0. The molecule has 0 unspecified atom stereocenters. The Bertz CT molecular complexity index is 474. The smallest absolute Gasteiger partial charge is 0.360 e. The van der Waals surface area contributed by atoms with Crippen molar-refractivity contribution in [2.75, 3.05) is 12.0 Å². The van der Waals surface area contributed by atoms with Crippen LogP contribution in [0.1, 0.15) is 6.92 Å². The summed E-state index contributed by atoms with van der Waals surface area (Å²) in [5, 5.41) is 14.7. The van der Waals surface area contributed by atoms with Crippen LogP contribution in [0.2, 0.25) is 0 Å². The van der Waals surface area contributed by atoms with Gasteiger partial charge in [0.1, 0.15) is 12.0 Å². The molecule has 0 aromatic heterocycles. The molecule has 96 valence electrons. The van der Waals surface area contributed by atoms with Gasteiger partial charge in [-0.05, 0) is 19.1 Å². The van der Waals surface area contributed by atoms with E-state index in [4.69, 9.17) is 5.21 Å². The molecule has 18 heavy (non-hydrogen) atoms. The van der Waals surface area contributed by atoms with Crippen molar-refractivity contribution in [1.29, 1.82) is 0 Å². The van der Waals surface area contributed by atoms with Gasteiger partial charge in [-0.1, -0.05) is 17.3 Å². The van der Waals surface area contributed by atoms with Crippen LogP contribution in [-0.4, -0.2) is 29.7 Å². The van der Waals surface area contributed by atoms with E-state index in [0.29, 0.717) is 0 Å². The Kier molecular flexibility index (Phi) is 5.30. The van der Waals surface area contributed by atoms with E-state index in [2.05, 4.69) is 20.4 Å². The van der Waals surface area contributed by atoms with Gasteiger partial charge in [-0.15, -0.1) is 0 Å². The maximum atomic E-state index is 13.2. The predicted molar refractivity (Wildman–Crippen MR) is 64.4 cm³/mol. The zero-order chi connectivity index (χ0) is 13.4. The molecular formula is C11H12FN3O3.